The smallest absolute Gasteiger partial charge is 0.328 e. The van der Waals surface area contributed by atoms with E-state index in [-0.39, 0.29) is 16.7 Å². The monoisotopic (exact) mass is 291 g/mol. The predicted octanol–water partition coefficient (Wildman–Crippen LogP) is 1.57. The summed E-state index contributed by atoms with van der Waals surface area (Å²) >= 11 is 3.31. The standard InChI is InChI=1S/C11H18BrNO3/c1-7(2)6-9(11(15)16-3)13-5-4-8(12)10(13)14/h7-9H,4-6H2,1-3H3/t8-,9+/m1/s1. The molecular formula is C11H18BrNO3. The van der Waals surface area contributed by atoms with Crippen molar-refractivity contribution in [1.29, 1.82) is 0 Å². The van der Waals surface area contributed by atoms with Crippen LogP contribution in [0.2, 0.25) is 0 Å². The molecule has 1 aliphatic heterocycles. The second-order valence-electron chi connectivity index (χ2n) is 4.46. The molecule has 0 aromatic carbocycles. The van der Waals surface area contributed by atoms with Gasteiger partial charge < -0.3 is 9.64 Å². The molecule has 1 fully saturated rings. The average Bonchev–Trinajstić information content (AvgIpc) is 2.55. The summed E-state index contributed by atoms with van der Waals surface area (Å²) in [6, 6.07) is -0.431. The molecule has 5 heteroatoms. The van der Waals surface area contributed by atoms with Gasteiger partial charge in [-0.3, -0.25) is 4.79 Å². The number of ether oxygens (including phenoxy) is 1. The van der Waals surface area contributed by atoms with Crippen molar-refractivity contribution in [3.63, 3.8) is 0 Å². The molecule has 16 heavy (non-hydrogen) atoms. The van der Waals surface area contributed by atoms with Gasteiger partial charge in [0.2, 0.25) is 5.91 Å². The largest absolute Gasteiger partial charge is 0.467 e. The van der Waals surface area contributed by atoms with Gasteiger partial charge in [-0.15, -0.1) is 0 Å². The van der Waals surface area contributed by atoms with Crippen molar-refractivity contribution < 1.29 is 14.3 Å². The van der Waals surface area contributed by atoms with Gasteiger partial charge in [-0.05, 0) is 18.8 Å². The van der Waals surface area contributed by atoms with Gasteiger partial charge in [0.15, 0.2) is 0 Å². The third-order valence-electron chi connectivity index (χ3n) is 2.72. The van der Waals surface area contributed by atoms with Gasteiger partial charge in [-0.25, -0.2) is 4.79 Å². The molecule has 0 radical (unpaired) electrons. The van der Waals surface area contributed by atoms with Crippen LogP contribution in [0.15, 0.2) is 0 Å². The van der Waals surface area contributed by atoms with Crippen molar-refractivity contribution in [2.75, 3.05) is 13.7 Å². The van der Waals surface area contributed by atoms with Gasteiger partial charge in [-0.1, -0.05) is 29.8 Å². The van der Waals surface area contributed by atoms with E-state index >= 15 is 0 Å². The first kappa shape index (κ1) is 13.5. The highest BCUT2D eigenvalue weighted by atomic mass is 79.9. The minimum atomic E-state index is -0.431. The Labute approximate surface area is 104 Å². The molecule has 0 N–H and O–H groups in total. The third-order valence-corrected chi connectivity index (χ3v) is 3.57. The Hall–Kier alpha value is -0.580. The SMILES string of the molecule is COC(=O)[C@H](CC(C)C)N1CC[C@@H](Br)C1=O. The second kappa shape index (κ2) is 5.66. The molecule has 4 nitrogen and oxygen atoms in total. The number of rotatable bonds is 4. The molecular weight excluding hydrogens is 274 g/mol. The summed E-state index contributed by atoms with van der Waals surface area (Å²) in [6.07, 6.45) is 1.41. The normalized spacial score (nSPS) is 22.7. The van der Waals surface area contributed by atoms with Gasteiger partial charge in [0.25, 0.3) is 0 Å². The summed E-state index contributed by atoms with van der Waals surface area (Å²) in [5.74, 6) is 0.0333. The molecule has 0 unspecified atom stereocenters. The van der Waals surface area contributed by atoms with Gasteiger partial charge in [-0.2, -0.15) is 0 Å². The highest BCUT2D eigenvalue weighted by molar-refractivity contribution is 9.10. The summed E-state index contributed by atoms with van der Waals surface area (Å²) in [6.45, 7) is 4.69. The van der Waals surface area contributed by atoms with Crippen LogP contribution in [0.4, 0.5) is 0 Å². The van der Waals surface area contributed by atoms with E-state index in [9.17, 15) is 9.59 Å². The van der Waals surface area contributed by atoms with Crippen LogP contribution in [0, 0.1) is 5.92 Å². The highest BCUT2D eigenvalue weighted by Gasteiger charge is 2.38. The average molecular weight is 292 g/mol. The van der Waals surface area contributed by atoms with E-state index in [2.05, 4.69) is 15.9 Å². The lowest BCUT2D eigenvalue weighted by Crippen LogP contribution is -2.44. The van der Waals surface area contributed by atoms with Crippen LogP contribution in [0.5, 0.6) is 0 Å². The third kappa shape index (κ3) is 2.97. The molecule has 0 aromatic rings. The van der Waals surface area contributed by atoms with Gasteiger partial charge in [0.05, 0.1) is 11.9 Å². The molecule has 1 rings (SSSR count). The molecule has 0 spiro atoms. The van der Waals surface area contributed by atoms with Crippen molar-refractivity contribution >= 4 is 27.8 Å². The highest BCUT2D eigenvalue weighted by Crippen LogP contribution is 2.24. The first-order chi connectivity index (χ1) is 7.47. The molecule has 0 saturated carbocycles. The molecule has 0 aliphatic carbocycles. The lowest BCUT2D eigenvalue weighted by molar-refractivity contribution is -0.151. The van der Waals surface area contributed by atoms with E-state index in [0.29, 0.717) is 18.9 Å². The Kier molecular flexibility index (Phi) is 4.77. The minimum Gasteiger partial charge on any atom is -0.467 e. The maximum atomic E-state index is 11.8. The molecule has 1 saturated heterocycles. The fourth-order valence-electron chi connectivity index (χ4n) is 1.91. The van der Waals surface area contributed by atoms with E-state index in [1.165, 1.54) is 7.11 Å². The molecule has 1 heterocycles. The number of amides is 1. The van der Waals surface area contributed by atoms with E-state index in [1.54, 1.807) is 4.90 Å². The number of carbonyl (C=O) groups excluding carboxylic acids is 2. The summed E-state index contributed by atoms with van der Waals surface area (Å²) in [7, 11) is 1.36. The van der Waals surface area contributed by atoms with E-state index < -0.39 is 6.04 Å². The maximum absolute atomic E-state index is 11.8. The zero-order chi connectivity index (χ0) is 12.3. The van der Waals surface area contributed by atoms with Crippen LogP contribution in [0.1, 0.15) is 26.7 Å². The van der Waals surface area contributed by atoms with Gasteiger partial charge in [0.1, 0.15) is 6.04 Å². The summed E-state index contributed by atoms with van der Waals surface area (Å²) in [4.78, 5) is 25.0. The number of carbonyl (C=O) groups is 2. The first-order valence-corrected chi connectivity index (χ1v) is 6.41. The van der Waals surface area contributed by atoms with Crippen LogP contribution < -0.4 is 0 Å². The van der Waals surface area contributed by atoms with Crippen LogP contribution in [0.25, 0.3) is 0 Å². The number of hydrogen-bond donors (Lipinski definition) is 0. The van der Waals surface area contributed by atoms with Crippen molar-refractivity contribution in [3.05, 3.63) is 0 Å². The molecule has 0 aromatic heterocycles. The van der Waals surface area contributed by atoms with Gasteiger partial charge in [0, 0.05) is 6.54 Å². The van der Waals surface area contributed by atoms with Gasteiger partial charge >= 0.3 is 5.97 Å². The van der Waals surface area contributed by atoms with E-state index in [4.69, 9.17) is 4.74 Å². The number of alkyl halides is 1. The van der Waals surface area contributed by atoms with Crippen LogP contribution >= 0.6 is 15.9 Å². The summed E-state index contributed by atoms with van der Waals surface area (Å²) in [5, 5.41) is 0. The summed E-state index contributed by atoms with van der Waals surface area (Å²) < 4.78 is 4.76. The predicted molar refractivity (Wildman–Crippen MR) is 64.3 cm³/mol. The molecule has 0 bridgehead atoms. The lowest BCUT2D eigenvalue weighted by Gasteiger charge is -2.26. The molecule has 1 amide bonds. The molecule has 2 atom stereocenters. The topological polar surface area (TPSA) is 46.6 Å². The first-order valence-electron chi connectivity index (χ1n) is 5.49. The maximum Gasteiger partial charge on any atom is 0.328 e. The zero-order valence-corrected chi connectivity index (χ0v) is 11.5. The van der Waals surface area contributed by atoms with Crippen molar-refractivity contribution in [2.45, 2.75) is 37.6 Å². The minimum absolute atomic E-state index is 0.00366. The Morgan fingerprint density at radius 2 is 2.25 bits per heavy atom. The Morgan fingerprint density at radius 3 is 2.62 bits per heavy atom. The Bertz CT molecular complexity index is 280. The molecule has 92 valence electrons. The van der Waals surface area contributed by atoms with Crippen LogP contribution in [0.3, 0.4) is 0 Å². The van der Waals surface area contributed by atoms with Crippen molar-refractivity contribution in [1.82, 2.24) is 4.90 Å². The Balaban J connectivity index is 2.76. The van der Waals surface area contributed by atoms with E-state index in [0.717, 1.165) is 6.42 Å². The number of likely N-dealkylation sites (tertiary alicyclic amines) is 1. The lowest BCUT2D eigenvalue weighted by atomic mass is 10.0. The fraction of sp³-hybridized carbons (Fsp3) is 0.818. The van der Waals surface area contributed by atoms with Crippen molar-refractivity contribution in [3.8, 4) is 0 Å². The fourth-order valence-corrected chi connectivity index (χ4v) is 2.38. The number of esters is 1. The molecule has 1 aliphatic rings. The summed E-state index contributed by atoms with van der Waals surface area (Å²) in [5.41, 5.74) is 0. The van der Waals surface area contributed by atoms with E-state index in [1.807, 2.05) is 13.8 Å². The number of halogens is 1. The zero-order valence-electron chi connectivity index (χ0n) is 9.90. The number of hydrogen-bond acceptors (Lipinski definition) is 3. The number of methoxy groups -OCH3 is 1. The second-order valence-corrected chi connectivity index (χ2v) is 5.56. The quantitative estimate of drug-likeness (QED) is 0.583. The van der Waals surface area contributed by atoms with Crippen LogP contribution in [-0.2, 0) is 14.3 Å². The van der Waals surface area contributed by atoms with Crippen molar-refractivity contribution in [2.24, 2.45) is 5.92 Å². The van der Waals surface area contributed by atoms with Crippen LogP contribution in [-0.4, -0.2) is 41.3 Å². The Morgan fingerprint density at radius 1 is 1.62 bits per heavy atom. The number of nitrogens with zero attached hydrogens (tertiary/aromatic N) is 1.